The molecule has 1 unspecified atom stereocenters. The highest BCUT2D eigenvalue weighted by atomic mass is 16.6. The summed E-state index contributed by atoms with van der Waals surface area (Å²) in [5, 5.41) is 0. The lowest BCUT2D eigenvalue weighted by Crippen LogP contribution is -1.75. The number of hydrogen-bond donors (Lipinski definition) is 0. The van der Waals surface area contributed by atoms with Gasteiger partial charge in [-0.15, -0.1) is 0 Å². The van der Waals surface area contributed by atoms with Gasteiger partial charge in [0.05, 0.1) is 6.61 Å². The summed E-state index contributed by atoms with van der Waals surface area (Å²) in [6.07, 6.45) is 1.66. The van der Waals surface area contributed by atoms with E-state index in [-0.39, 0.29) is 0 Å². The Morgan fingerprint density at radius 3 is 1.69 bits per heavy atom. The molecule has 0 spiro atoms. The lowest BCUT2D eigenvalue weighted by molar-refractivity contribution is 0.415. The highest BCUT2D eigenvalue weighted by Crippen LogP contribution is 2.28. The van der Waals surface area contributed by atoms with Gasteiger partial charge >= 0.3 is 0 Å². The maximum atomic E-state index is 5.09. The molecule has 94 valence electrons. The van der Waals surface area contributed by atoms with Crippen LogP contribution in [0.25, 0.3) is 0 Å². The molecule has 1 atom stereocenters. The van der Waals surface area contributed by atoms with Crippen LogP contribution in [0.2, 0.25) is 0 Å². The highest BCUT2D eigenvalue weighted by Gasteiger charge is 2.23. The van der Waals surface area contributed by atoms with E-state index in [2.05, 4.69) is 26.0 Å². The van der Waals surface area contributed by atoms with Gasteiger partial charge in [-0.05, 0) is 5.56 Å². The Morgan fingerprint density at radius 2 is 1.38 bits per heavy atom. The molecule has 0 bridgehead atoms. The lowest BCUT2D eigenvalue weighted by atomic mass is 10.2. The Bertz CT molecular complexity index is 202. The van der Waals surface area contributed by atoms with Crippen molar-refractivity contribution in [2.75, 3.05) is 6.61 Å². The fourth-order valence-corrected chi connectivity index (χ4v) is 0.908. The zero-order valence-corrected chi connectivity index (χ0v) is 11.8. The van der Waals surface area contributed by atoms with Gasteiger partial charge in [-0.3, -0.25) is 0 Å². The molecule has 0 amide bonds. The van der Waals surface area contributed by atoms with E-state index in [1.165, 1.54) is 12.0 Å². The van der Waals surface area contributed by atoms with Gasteiger partial charge < -0.3 is 4.74 Å². The van der Waals surface area contributed by atoms with Gasteiger partial charge in [0.25, 0.3) is 0 Å². The molecule has 0 aliphatic carbocycles. The van der Waals surface area contributed by atoms with Crippen LogP contribution >= 0.6 is 0 Å². The number of epoxide rings is 1. The van der Waals surface area contributed by atoms with Crippen LogP contribution in [-0.4, -0.2) is 6.61 Å². The molecule has 1 nitrogen and oxygen atoms in total. The largest absolute Gasteiger partial charge is 0.368 e. The molecular formula is C15H28O. The monoisotopic (exact) mass is 224 g/mol. The van der Waals surface area contributed by atoms with Crippen LogP contribution in [0.15, 0.2) is 30.3 Å². The molecule has 0 aromatic heterocycles. The maximum Gasteiger partial charge on any atom is 0.106 e. The molecule has 1 fully saturated rings. The van der Waals surface area contributed by atoms with Crippen molar-refractivity contribution in [3.8, 4) is 0 Å². The Balaban J connectivity index is 0. The van der Waals surface area contributed by atoms with Crippen molar-refractivity contribution >= 4 is 0 Å². The molecule has 2 rings (SSSR count). The molecule has 1 aromatic rings. The minimum Gasteiger partial charge on any atom is -0.368 e. The van der Waals surface area contributed by atoms with Crippen LogP contribution in [0.3, 0.4) is 0 Å². The second-order valence-electron chi connectivity index (χ2n) is 2.94. The van der Waals surface area contributed by atoms with E-state index < -0.39 is 0 Å². The third-order valence-electron chi connectivity index (χ3n) is 1.50. The standard InChI is InChI=1S/C8H8O.C3H8.2C2H6/c1-2-4-7(5-3-1)8-6-9-8;1-3-2;2*1-2/h1-5,8H,6H2;3H2,1-2H3;2*1-2H3. The van der Waals surface area contributed by atoms with Crippen molar-refractivity contribution in [2.45, 2.75) is 54.1 Å². The lowest BCUT2D eigenvalue weighted by Gasteiger charge is -1.89. The third-order valence-corrected chi connectivity index (χ3v) is 1.50. The summed E-state index contributed by atoms with van der Waals surface area (Å²) in [6, 6.07) is 10.3. The van der Waals surface area contributed by atoms with E-state index in [4.69, 9.17) is 4.74 Å². The molecule has 1 aromatic carbocycles. The summed E-state index contributed by atoms with van der Waals surface area (Å²) in [5.74, 6) is 0. The smallest absolute Gasteiger partial charge is 0.106 e. The fourth-order valence-electron chi connectivity index (χ4n) is 0.908. The molecule has 1 aliphatic rings. The first-order chi connectivity index (χ1) is 7.88. The van der Waals surface area contributed by atoms with Crippen molar-refractivity contribution in [2.24, 2.45) is 0 Å². The topological polar surface area (TPSA) is 12.5 Å². The molecule has 16 heavy (non-hydrogen) atoms. The second-order valence-corrected chi connectivity index (χ2v) is 2.94. The zero-order valence-electron chi connectivity index (χ0n) is 11.8. The molecule has 0 radical (unpaired) electrons. The van der Waals surface area contributed by atoms with Crippen LogP contribution in [-0.2, 0) is 4.74 Å². The first-order valence-electron chi connectivity index (χ1n) is 6.55. The average Bonchev–Trinajstić information content (AvgIpc) is 3.21. The molecule has 1 heterocycles. The van der Waals surface area contributed by atoms with Crippen LogP contribution in [0.5, 0.6) is 0 Å². The van der Waals surface area contributed by atoms with Gasteiger partial charge in [-0.25, -0.2) is 0 Å². The number of ether oxygens (including phenoxy) is 1. The summed E-state index contributed by atoms with van der Waals surface area (Å²) >= 11 is 0. The van der Waals surface area contributed by atoms with E-state index in [1.807, 2.05) is 45.9 Å². The molecule has 1 saturated heterocycles. The zero-order chi connectivity index (χ0) is 12.8. The minimum absolute atomic E-state index is 0.409. The van der Waals surface area contributed by atoms with Gasteiger partial charge in [0, 0.05) is 0 Å². The Labute approximate surface area is 102 Å². The van der Waals surface area contributed by atoms with Crippen molar-refractivity contribution in [1.82, 2.24) is 0 Å². The predicted molar refractivity (Wildman–Crippen MR) is 73.8 cm³/mol. The highest BCUT2D eigenvalue weighted by molar-refractivity contribution is 5.19. The molecule has 0 N–H and O–H groups in total. The minimum atomic E-state index is 0.409. The van der Waals surface area contributed by atoms with Crippen molar-refractivity contribution in [1.29, 1.82) is 0 Å². The predicted octanol–water partition coefficient (Wildman–Crippen LogP) is 5.23. The summed E-state index contributed by atoms with van der Waals surface area (Å²) in [4.78, 5) is 0. The summed E-state index contributed by atoms with van der Waals surface area (Å²) < 4.78 is 5.09. The number of rotatable bonds is 1. The van der Waals surface area contributed by atoms with E-state index in [1.54, 1.807) is 0 Å². The van der Waals surface area contributed by atoms with Crippen molar-refractivity contribution in [3.05, 3.63) is 35.9 Å². The van der Waals surface area contributed by atoms with Gasteiger partial charge in [0.15, 0.2) is 0 Å². The first-order valence-corrected chi connectivity index (χ1v) is 6.55. The van der Waals surface area contributed by atoms with E-state index in [0.29, 0.717) is 6.10 Å². The fraction of sp³-hybridized carbons (Fsp3) is 0.600. The molecule has 1 aliphatic heterocycles. The first kappa shape index (κ1) is 17.6. The normalized spacial score (nSPS) is 15.2. The second kappa shape index (κ2) is 14.2. The summed E-state index contributed by atoms with van der Waals surface area (Å²) in [7, 11) is 0. The van der Waals surface area contributed by atoms with Gasteiger partial charge in [0.2, 0.25) is 0 Å². The van der Waals surface area contributed by atoms with Gasteiger partial charge in [0.1, 0.15) is 6.10 Å². The molecule has 0 saturated carbocycles. The van der Waals surface area contributed by atoms with E-state index in [9.17, 15) is 0 Å². The third kappa shape index (κ3) is 9.72. The van der Waals surface area contributed by atoms with Crippen LogP contribution in [0.4, 0.5) is 0 Å². The molecular weight excluding hydrogens is 196 g/mol. The Hall–Kier alpha value is -0.820. The Kier molecular flexibility index (Phi) is 15.6. The van der Waals surface area contributed by atoms with Crippen LogP contribution in [0, 0.1) is 0 Å². The Morgan fingerprint density at radius 1 is 1.00 bits per heavy atom. The number of benzene rings is 1. The quantitative estimate of drug-likeness (QED) is 0.595. The average molecular weight is 224 g/mol. The summed E-state index contributed by atoms with van der Waals surface area (Å²) in [6.45, 7) is 13.2. The van der Waals surface area contributed by atoms with Crippen molar-refractivity contribution in [3.63, 3.8) is 0 Å². The SMILES string of the molecule is CC.CC.CCC.c1ccc(C2CO2)cc1. The summed E-state index contributed by atoms with van der Waals surface area (Å²) in [5.41, 5.74) is 1.30. The van der Waals surface area contributed by atoms with E-state index in [0.717, 1.165) is 6.61 Å². The van der Waals surface area contributed by atoms with Gasteiger partial charge in [-0.1, -0.05) is 78.3 Å². The van der Waals surface area contributed by atoms with E-state index >= 15 is 0 Å². The van der Waals surface area contributed by atoms with Crippen LogP contribution in [0.1, 0.15) is 59.6 Å². The number of hydrogen-bond acceptors (Lipinski definition) is 1. The van der Waals surface area contributed by atoms with Gasteiger partial charge in [-0.2, -0.15) is 0 Å². The van der Waals surface area contributed by atoms with Crippen molar-refractivity contribution < 1.29 is 4.74 Å². The maximum absolute atomic E-state index is 5.09. The molecule has 1 heteroatoms. The van der Waals surface area contributed by atoms with Crippen LogP contribution < -0.4 is 0 Å².